The van der Waals surface area contributed by atoms with Crippen molar-refractivity contribution in [1.82, 2.24) is 29.9 Å². The molecule has 1 amide bonds. The Morgan fingerprint density at radius 2 is 2.07 bits per heavy atom. The third-order valence-corrected chi connectivity index (χ3v) is 5.85. The first-order valence-corrected chi connectivity index (χ1v) is 10.1. The van der Waals surface area contributed by atoms with E-state index in [0.29, 0.717) is 25.4 Å². The minimum atomic E-state index is 0.140. The normalized spacial score (nSPS) is 23.5. The zero-order valence-electron chi connectivity index (χ0n) is 16.7. The van der Waals surface area contributed by atoms with E-state index in [1.165, 1.54) is 0 Å². The Hall–Kier alpha value is -2.35. The smallest absolute Gasteiger partial charge is 0.226 e. The minimum Gasteiger partial charge on any atom is -0.339 e. The Bertz CT molecular complexity index is 820. The van der Waals surface area contributed by atoms with Crippen LogP contribution in [-0.4, -0.2) is 55.4 Å². The molecule has 2 aliphatic heterocycles. The summed E-state index contributed by atoms with van der Waals surface area (Å²) in [6.07, 6.45) is 8.14. The molecule has 28 heavy (non-hydrogen) atoms. The summed E-state index contributed by atoms with van der Waals surface area (Å²) in [6, 6.07) is 0. The Morgan fingerprint density at radius 1 is 1.18 bits per heavy atom. The second kappa shape index (κ2) is 7.95. The summed E-state index contributed by atoms with van der Waals surface area (Å²) in [4.78, 5) is 30.1. The van der Waals surface area contributed by atoms with Crippen LogP contribution in [0.4, 0.5) is 0 Å². The van der Waals surface area contributed by atoms with E-state index in [0.717, 1.165) is 62.5 Å². The van der Waals surface area contributed by atoms with Crippen molar-refractivity contribution in [2.75, 3.05) is 19.6 Å². The van der Waals surface area contributed by atoms with Crippen molar-refractivity contribution < 1.29 is 9.32 Å². The van der Waals surface area contributed by atoms with E-state index < -0.39 is 0 Å². The Balaban J connectivity index is 1.42. The summed E-state index contributed by atoms with van der Waals surface area (Å²) < 4.78 is 5.24. The number of carbonyl (C=O) groups is 1. The lowest BCUT2D eigenvalue weighted by Crippen LogP contribution is -2.53. The average molecular weight is 384 g/mol. The summed E-state index contributed by atoms with van der Waals surface area (Å²) in [7, 11) is 0. The topological polar surface area (TPSA) is 88.3 Å². The molecule has 8 heteroatoms. The Kier molecular flexibility index (Phi) is 5.39. The van der Waals surface area contributed by atoms with Crippen LogP contribution in [0.5, 0.6) is 0 Å². The molecular weight excluding hydrogens is 356 g/mol. The second-order valence-corrected chi connectivity index (χ2v) is 8.17. The number of rotatable bonds is 5. The fourth-order valence-corrected chi connectivity index (χ4v) is 4.42. The zero-order chi connectivity index (χ0) is 19.6. The number of piperidine rings is 2. The SMILES string of the molecule is CCc1nc(CN2CCC[C@@]3(CCC(=O)N(Cc4cnc(C)cn4)C3)C2)no1. The van der Waals surface area contributed by atoms with Crippen LogP contribution in [0.3, 0.4) is 0 Å². The summed E-state index contributed by atoms with van der Waals surface area (Å²) >= 11 is 0. The molecule has 2 saturated heterocycles. The first-order chi connectivity index (χ1) is 13.5. The maximum atomic E-state index is 12.5. The summed E-state index contributed by atoms with van der Waals surface area (Å²) in [5.41, 5.74) is 1.88. The van der Waals surface area contributed by atoms with Gasteiger partial charge >= 0.3 is 0 Å². The van der Waals surface area contributed by atoms with Crippen molar-refractivity contribution in [3.63, 3.8) is 0 Å². The van der Waals surface area contributed by atoms with E-state index in [2.05, 4.69) is 25.0 Å². The quantitative estimate of drug-likeness (QED) is 0.780. The van der Waals surface area contributed by atoms with E-state index in [1.807, 2.05) is 18.7 Å². The number of hydrogen-bond donors (Lipinski definition) is 0. The molecule has 0 aliphatic carbocycles. The Labute approximate surface area is 165 Å². The van der Waals surface area contributed by atoms with Crippen LogP contribution in [0.1, 0.15) is 55.7 Å². The van der Waals surface area contributed by atoms with Gasteiger partial charge in [0.1, 0.15) is 0 Å². The molecule has 0 N–H and O–H groups in total. The van der Waals surface area contributed by atoms with Crippen LogP contribution in [0.15, 0.2) is 16.9 Å². The predicted octanol–water partition coefficient (Wildman–Crippen LogP) is 2.14. The lowest BCUT2D eigenvalue weighted by Gasteiger charge is -2.48. The van der Waals surface area contributed by atoms with Crippen molar-refractivity contribution in [2.45, 2.75) is 59.0 Å². The molecule has 0 bridgehead atoms. The van der Waals surface area contributed by atoms with Crippen molar-refractivity contribution in [3.8, 4) is 0 Å². The van der Waals surface area contributed by atoms with E-state index in [-0.39, 0.29) is 11.3 Å². The van der Waals surface area contributed by atoms with Gasteiger partial charge in [-0.2, -0.15) is 4.98 Å². The largest absolute Gasteiger partial charge is 0.339 e. The fourth-order valence-electron chi connectivity index (χ4n) is 4.42. The summed E-state index contributed by atoms with van der Waals surface area (Å²) in [5.74, 6) is 1.67. The second-order valence-electron chi connectivity index (χ2n) is 8.17. The van der Waals surface area contributed by atoms with Gasteiger partial charge in [-0.15, -0.1) is 0 Å². The van der Waals surface area contributed by atoms with Crippen LogP contribution in [-0.2, 0) is 24.3 Å². The van der Waals surface area contributed by atoms with Crippen molar-refractivity contribution in [2.24, 2.45) is 5.41 Å². The van der Waals surface area contributed by atoms with Crippen LogP contribution >= 0.6 is 0 Å². The average Bonchev–Trinajstić information content (AvgIpc) is 3.14. The molecule has 1 spiro atoms. The number of aromatic nitrogens is 4. The van der Waals surface area contributed by atoms with Gasteiger partial charge in [-0.3, -0.25) is 19.7 Å². The predicted molar refractivity (Wildman–Crippen MR) is 102 cm³/mol. The fraction of sp³-hybridized carbons (Fsp3) is 0.650. The standard InChI is InChI=1S/C20H28N6O2/c1-3-18-23-17(24-28-18)12-25-8-4-6-20(13-25)7-5-19(27)26(14-20)11-16-10-21-15(2)9-22-16/h9-10H,3-8,11-14H2,1-2H3/t20-/m1/s1. The number of nitrogens with zero attached hydrogens (tertiary/aromatic N) is 6. The zero-order valence-corrected chi connectivity index (χ0v) is 16.7. The molecular formula is C20H28N6O2. The van der Waals surface area contributed by atoms with Crippen LogP contribution in [0.25, 0.3) is 0 Å². The van der Waals surface area contributed by atoms with Gasteiger partial charge in [0.2, 0.25) is 11.8 Å². The van der Waals surface area contributed by atoms with Gasteiger partial charge < -0.3 is 9.42 Å². The highest BCUT2D eigenvalue weighted by molar-refractivity contribution is 5.77. The highest BCUT2D eigenvalue weighted by Gasteiger charge is 2.41. The molecule has 150 valence electrons. The van der Waals surface area contributed by atoms with Gasteiger partial charge in [0.25, 0.3) is 0 Å². The molecule has 4 heterocycles. The highest BCUT2D eigenvalue weighted by atomic mass is 16.5. The van der Waals surface area contributed by atoms with E-state index in [4.69, 9.17) is 4.52 Å². The van der Waals surface area contributed by atoms with E-state index >= 15 is 0 Å². The number of aryl methyl sites for hydroxylation is 2. The number of amides is 1. The van der Waals surface area contributed by atoms with Crippen molar-refractivity contribution in [3.05, 3.63) is 35.5 Å². The van der Waals surface area contributed by atoms with Gasteiger partial charge in [-0.1, -0.05) is 12.1 Å². The molecule has 0 unspecified atom stereocenters. The number of likely N-dealkylation sites (tertiary alicyclic amines) is 2. The maximum absolute atomic E-state index is 12.5. The summed E-state index contributed by atoms with van der Waals surface area (Å²) in [6.45, 7) is 7.97. The van der Waals surface area contributed by atoms with E-state index in [1.54, 1.807) is 12.4 Å². The lowest BCUT2D eigenvalue weighted by molar-refractivity contribution is -0.140. The number of hydrogen-bond acceptors (Lipinski definition) is 7. The van der Waals surface area contributed by atoms with Gasteiger partial charge in [-0.25, -0.2) is 0 Å². The molecule has 8 nitrogen and oxygen atoms in total. The molecule has 0 saturated carbocycles. The van der Waals surface area contributed by atoms with Crippen LogP contribution in [0.2, 0.25) is 0 Å². The molecule has 0 radical (unpaired) electrons. The molecule has 2 aliphatic rings. The molecule has 4 rings (SSSR count). The molecule has 1 atom stereocenters. The monoisotopic (exact) mass is 384 g/mol. The lowest BCUT2D eigenvalue weighted by atomic mass is 9.73. The first kappa shape index (κ1) is 19.0. The van der Waals surface area contributed by atoms with Crippen LogP contribution < -0.4 is 0 Å². The van der Waals surface area contributed by atoms with Gasteiger partial charge in [-0.05, 0) is 32.7 Å². The third-order valence-electron chi connectivity index (χ3n) is 5.85. The van der Waals surface area contributed by atoms with Gasteiger partial charge in [0.05, 0.1) is 30.7 Å². The van der Waals surface area contributed by atoms with Crippen molar-refractivity contribution >= 4 is 5.91 Å². The van der Waals surface area contributed by atoms with Crippen molar-refractivity contribution in [1.29, 1.82) is 0 Å². The van der Waals surface area contributed by atoms with Gasteiger partial charge in [0.15, 0.2) is 5.82 Å². The van der Waals surface area contributed by atoms with E-state index in [9.17, 15) is 4.79 Å². The first-order valence-electron chi connectivity index (χ1n) is 10.1. The van der Waals surface area contributed by atoms with Crippen LogP contribution in [0, 0.1) is 12.3 Å². The highest BCUT2D eigenvalue weighted by Crippen LogP contribution is 2.39. The molecule has 2 fully saturated rings. The third kappa shape index (κ3) is 4.22. The van der Waals surface area contributed by atoms with Gasteiger partial charge in [0, 0.05) is 37.5 Å². The molecule has 2 aromatic heterocycles. The minimum absolute atomic E-state index is 0.140. The summed E-state index contributed by atoms with van der Waals surface area (Å²) in [5, 5.41) is 4.10. The molecule has 0 aromatic carbocycles. The molecule has 2 aromatic rings. The Morgan fingerprint density at radius 3 is 2.82 bits per heavy atom. The number of carbonyl (C=O) groups excluding carboxylic acids is 1. The maximum Gasteiger partial charge on any atom is 0.226 e.